The van der Waals surface area contributed by atoms with Crippen molar-refractivity contribution in [1.29, 1.82) is 0 Å². The van der Waals surface area contributed by atoms with Crippen LogP contribution < -0.4 is 10.6 Å². The molecule has 1 aromatic heterocycles. The van der Waals surface area contributed by atoms with Gasteiger partial charge >= 0.3 is 0 Å². The molecule has 1 fully saturated rings. The molecule has 2 heterocycles. The minimum atomic E-state index is -0.146. The number of carbonyl (C=O) groups excluding carboxylic acids is 2. The maximum Gasteiger partial charge on any atom is 0.268 e. The molecule has 16 heavy (non-hydrogen) atoms. The summed E-state index contributed by atoms with van der Waals surface area (Å²) in [5.41, 5.74) is 0.517. The van der Waals surface area contributed by atoms with E-state index in [0.717, 1.165) is 4.47 Å². The second kappa shape index (κ2) is 4.69. The molecule has 0 radical (unpaired) electrons. The highest BCUT2D eigenvalue weighted by Crippen LogP contribution is 2.11. The lowest BCUT2D eigenvalue weighted by Crippen LogP contribution is -2.47. The molecule has 1 saturated heterocycles. The number of piperidine rings is 1. The van der Waals surface area contributed by atoms with Crippen LogP contribution in [0, 0.1) is 0 Å². The van der Waals surface area contributed by atoms with Crippen LogP contribution in [0.1, 0.15) is 23.3 Å². The van der Waals surface area contributed by atoms with Crippen LogP contribution in [0.4, 0.5) is 0 Å². The Bertz CT molecular complexity index is 406. The Hall–Kier alpha value is -1.30. The summed E-state index contributed by atoms with van der Waals surface area (Å²) in [7, 11) is 0. The first kappa shape index (κ1) is 11.2. The van der Waals surface area contributed by atoms with E-state index in [1.54, 1.807) is 12.3 Å². The molecule has 1 aliphatic heterocycles. The fourth-order valence-electron chi connectivity index (χ4n) is 1.62. The molecule has 0 aromatic carbocycles. The van der Waals surface area contributed by atoms with Gasteiger partial charge < -0.3 is 15.6 Å². The van der Waals surface area contributed by atoms with E-state index in [-0.39, 0.29) is 17.9 Å². The third kappa shape index (κ3) is 2.63. The molecule has 1 atom stereocenters. The lowest BCUT2D eigenvalue weighted by atomic mass is 10.1. The molecule has 0 bridgehead atoms. The maximum atomic E-state index is 11.7. The normalized spacial score (nSPS) is 20.3. The first-order valence-electron chi connectivity index (χ1n) is 5.06. The molecular weight excluding hydrogens is 274 g/mol. The standard InChI is InChI=1S/C10H12BrN3O2/c11-6-3-8(12-4-6)10(16)14-7-1-2-9(15)13-5-7/h3-4,7,12H,1-2,5H2,(H,13,15)(H,14,16). The van der Waals surface area contributed by atoms with Gasteiger partial charge in [-0.2, -0.15) is 0 Å². The van der Waals surface area contributed by atoms with E-state index in [9.17, 15) is 9.59 Å². The summed E-state index contributed by atoms with van der Waals surface area (Å²) in [4.78, 5) is 25.5. The number of halogens is 1. The van der Waals surface area contributed by atoms with Crippen molar-refractivity contribution >= 4 is 27.7 Å². The summed E-state index contributed by atoms with van der Waals surface area (Å²) < 4.78 is 0.842. The van der Waals surface area contributed by atoms with Crippen molar-refractivity contribution in [3.8, 4) is 0 Å². The first-order chi connectivity index (χ1) is 7.65. The van der Waals surface area contributed by atoms with E-state index < -0.39 is 0 Å². The van der Waals surface area contributed by atoms with Gasteiger partial charge in [-0.3, -0.25) is 9.59 Å². The van der Waals surface area contributed by atoms with Gasteiger partial charge in [-0.05, 0) is 28.4 Å². The van der Waals surface area contributed by atoms with Crippen LogP contribution in [0.15, 0.2) is 16.7 Å². The number of nitrogens with one attached hydrogen (secondary N) is 3. The van der Waals surface area contributed by atoms with Crippen LogP contribution >= 0.6 is 15.9 Å². The van der Waals surface area contributed by atoms with Crippen molar-refractivity contribution in [2.75, 3.05) is 6.54 Å². The number of hydrogen-bond acceptors (Lipinski definition) is 2. The Kier molecular flexibility index (Phi) is 3.28. The average Bonchev–Trinajstić information content (AvgIpc) is 2.68. The Balaban J connectivity index is 1.90. The molecule has 1 aromatic rings. The van der Waals surface area contributed by atoms with E-state index in [0.29, 0.717) is 25.1 Å². The summed E-state index contributed by atoms with van der Waals surface area (Å²) in [6.45, 7) is 0.506. The van der Waals surface area contributed by atoms with Gasteiger partial charge in [0.2, 0.25) is 5.91 Å². The first-order valence-corrected chi connectivity index (χ1v) is 5.86. The van der Waals surface area contributed by atoms with Gasteiger partial charge in [0.25, 0.3) is 5.91 Å². The van der Waals surface area contributed by atoms with Crippen LogP contribution in [-0.2, 0) is 4.79 Å². The summed E-state index contributed by atoms with van der Waals surface area (Å²) in [5, 5.41) is 5.58. The van der Waals surface area contributed by atoms with E-state index in [2.05, 4.69) is 31.5 Å². The van der Waals surface area contributed by atoms with Crippen LogP contribution in [-0.4, -0.2) is 29.4 Å². The number of carbonyl (C=O) groups is 2. The highest BCUT2D eigenvalue weighted by atomic mass is 79.9. The second-order valence-corrected chi connectivity index (χ2v) is 4.66. The zero-order valence-corrected chi connectivity index (χ0v) is 10.1. The molecule has 1 aliphatic rings. The van der Waals surface area contributed by atoms with Crippen LogP contribution in [0.3, 0.4) is 0 Å². The zero-order chi connectivity index (χ0) is 11.5. The average molecular weight is 286 g/mol. The number of amides is 2. The Labute approximate surface area is 101 Å². The molecule has 6 heteroatoms. The Morgan fingerprint density at radius 1 is 1.56 bits per heavy atom. The number of aromatic nitrogens is 1. The smallest absolute Gasteiger partial charge is 0.268 e. The second-order valence-electron chi connectivity index (χ2n) is 3.74. The molecule has 2 rings (SSSR count). The van der Waals surface area contributed by atoms with E-state index in [1.165, 1.54) is 0 Å². The van der Waals surface area contributed by atoms with Gasteiger partial charge in [0.05, 0.1) is 0 Å². The minimum Gasteiger partial charge on any atom is -0.356 e. The van der Waals surface area contributed by atoms with Gasteiger partial charge in [-0.25, -0.2) is 0 Å². The Morgan fingerprint density at radius 3 is 2.94 bits per heavy atom. The minimum absolute atomic E-state index is 0.0206. The predicted molar refractivity (Wildman–Crippen MR) is 62.0 cm³/mol. The third-order valence-corrected chi connectivity index (χ3v) is 2.95. The summed E-state index contributed by atoms with van der Waals surface area (Å²) in [6.07, 6.45) is 2.87. The number of H-pyrrole nitrogens is 1. The van der Waals surface area contributed by atoms with E-state index >= 15 is 0 Å². The van der Waals surface area contributed by atoms with Gasteiger partial charge in [-0.15, -0.1) is 0 Å². The molecule has 86 valence electrons. The summed E-state index contributed by atoms with van der Waals surface area (Å²) in [6, 6.07) is 1.74. The van der Waals surface area contributed by atoms with Crippen molar-refractivity contribution in [3.63, 3.8) is 0 Å². The number of hydrogen-bond donors (Lipinski definition) is 3. The lowest BCUT2D eigenvalue weighted by Gasteiger charge is -2.23. The van der Waals surface area contributed by atoms with Gasteiger partial charge in [-0.1, -0.05) is 0 Å². The topological polar surface area (TPSA) is 74.0 Å². The van der Waals surface area contributed by atoms with Crippen molar-refractivity contribution in [2.45, 2.75) is 18.9 Å². The monoisotopic (exact) mass is 285 g/mol. The molecule has 2 amide bonds. The van der Waals surface area contributed by atoms with Gasteiger partial charge in [0.15, 0.2) is 0 Å². The Morgan fingerprint density at radius 2 is 2.38 bits per heavy atom. The molecule has 1 unspecified atom stereocenters. The third-order valence-electron chi connectivity index (χ3n) is 2.49. The van der Waals surface area contributed by atoms with Crippen molar-refractivity contribution in [3.05, 3.63) is 22.4 Å². The van der Waals surface area contributed by atoms with Crippen molar-refractivity contribution in [2.24, 2.45) is 0 Å². The fourth-order valence-corrected chi connectivity index (χ4v) is 1.96. The summed E-state index contributed by atoms with van der Waals surface area (Å²) >= 11 is 3.27. The molecule has 0 aliphatic carbocycles. The zero-order valence-electron chi connectivity index (χ0n) is 8.55. The highest BCUT2D eigenvalue weighted by Gasteiger charge is 2.20. The summed E-state index contributed by atoms with van der Waals surface area (Å²) in [5.74, 6) is -0.0973. The van der Waals surface area contributed by atoms with E-state index in [4.69, 9.17) is 0 Å². The SMILES string of the molecule is O=C1CCC(NC(=O)c2cc(Br)c[nH]2)CN1. The van der Waals surface area contributed by atoms with Gasteiger partial charge in [0.1, 0.15) is 5.69 Å². The molecular formula is C10H12BrN3O2. The molecule has 5 nitrogen and oxygen atoms in total. The van der Waals surface area contributed by atoms with Gasteiger partial charge in [0, 0.05) is 29.7 Å². The number of aromatic amines is 1. The quantitative estimate of drug-likeness (QED) is 0.752. The highest BCUT2D eigenvalue weighted by molar-refractivity contribution is 9.10. The fraction of sp³-hybridized carbons (Fsp3) is 0.400. The predicted octanol–water partition coefficient (Wildman–Crippen LogP) is 0.786. The van der Waals surface area contributed by atoms with Crippen molar-refractivity contribution < 1.29 is 9.59 Å². The molecule has 0 spiro atoms. The molecule has 0 saturated carbocycles. The maximum absolute atomic E-state index is 11.7. The largest absolute Gasteiger partial charge is 0.356 e. The lowest BCUT2D eigenvalue weighted by molar-refractivity contribution is -0.122. The molecule has 3 N–H and O–H groups in total. The number of rotatable bonds is 2. The van der Waals surface area contributed by atoms with Crippen molar-refractivity contribution in [1.82, 2.24) is 15.6 Å². The van der Waals surface area contributed by atoms with Crippen LogP contribution in [0.5, 0.6) is 0 Å². The van der Waals surface area contributed by atoms with E-state index in [1.807, 2.05) is 0 Å². The van der Waals surface area contributed by atoms with Crippen LogP contribution in [0.25, 0.3) is 0 Å². The van der Waals surface area contributed by atoms with Crippen LogP contribution in [0.2, 0.25) is 0 Å².